The van der Waals surface area contributed by atoms with E-state index in [9.17, 15) is 14.4 Å². The van der Waals surface area contributed by atoms with Gasteiger partial charge in [0.25, 0.3) is 5.91 Å². The molecule has 0 atom stereocenters. The molecule has 0 aliphatic heterocycles. The van der Waals surface area contributed by atoms with Crippen LogP contribution in [-0.2, 0) is 11.4 Å². The molecule has 0 spiro atoms. The molecule has 144 valence electrons. The summed E-state index contributed by atoms with van der Waals surface area (Å²) in [6.07, 6.45) is 1.49. The molecule has 0 fully saturated rings. The Morgan fingerprint density at radius 1 is 1.10 bits per heavy atom. The van der Waals surface area contributed by atoms with Crippen molar-refractivity contribution in [1.29, 1.82) is 5.26 Å². The van der Waals surface area contributed by atoms with Crippen molar-refractivity contribution in [2.75, 3.05) is 5.32 Å². The predicted octanol–water partition coefficient (Wildman–Crippen LogP) is 5.26. The van der Waals surface area contributed by atoms with Crippen LogP contribution in [0.5, 0.6) is 5.75 Å². The molecule has 0 saturated heterocycles. The first-order valence-corrected chi connectivity index (χ1v) is 9.01. The van der Waals surface area contributed by atoms with Gasteiger partial charge in [-0.15, -0.1) is 0 Å². The van der Waals surface area contributed by atoms with Crippen LogP contribution in [0.15, 0.2) is 78.4 Å². The van der Waals surface area contributed by atoms with E-state index < -0.39 is 5.91 Å². The lowest BCUT2D eigenvalue weighted by molar-refractivity contribution is -0.112. The van der Waals surface area contributed by atoms with E-state index in [1.807, 2.05) is 31.2 Å². The third kappa shape index (κ3) is 5.53. The maximum atomic E-state index is 13.7. The van der Waals surface area contributed by atoms with Crippen molar-refractivity contribution in [3.8, 4) is 11.8 Å². The van der Waals surface area contributed by atoms with Gasteiger partial charge in [-0.2, -0.15) is 5.26 Å². The molecule has 3 aromatic carbocycles. The van der Waals surface area contributed by atoms with Gasteiger partial charge in [-0.25, -0.2) is 4.39 Å². The Kier molecular flexibility index (Phi) is 6.39. The molecular weight excluding hydrogens is 367 g/mol. The number of carbonyl (C=O) groups is 1. The Morgan fingerprint density at radius 3 is 2.66 bits per heavy atom. The fourth-order valence-corrected chi connectivity index (χ4v) is 2.71. The molecule has 3 aromatic rings. The average Bonchev–Trinajstić information content (AvgIpc) is 2.71. The van der Waals surface area contributed by atoms with Crippen LogP contribution in [0.2, 0.25) is 0 Å². The van der Waals surface area contributed by atoms with Crippen LogP contribution in [0.1, 0.15) is 16.7 Å². The summed E-state index contributed by atoms with van der Waals surface area (Å²) in [5, 5.41) is 12.1. The third-order valence-corrected chi connectivity index (χ3v) is 4.16. The first kappa shape index (κ1) is 19.8. The Morgan fingerprint density at radius 2 is 1.90 bits per heavy atom. The van der Waals surface area contributed by atoms with E-state index >= 15 is 0 Å². The summed E-state index contributed by atoms with van der Waals surface area (Å²) in [7, 11) is 0. The highest BCUT2D eigenvalue weighted by molar-refractivity contribution is 6.09. The minimum atomic E-state index is -0.490. The van der Waals surface area contributed by atoms with E-state index in [1.54, 1.807) is 48.5 Å². The number of anilines is 1. The maximum Gasteiger partial charge on any atom is 0.266 e. The Balaban J connectivity index is 1.72. The normalized spacial score (nSPS) is 10.9. The number of amides is 1. The highest BCUT2D eigenvalue weighted by Gasteiger charge is 2.10. The summed E-state index contributed by atoms with van der Waals surface area (Å²) < 4.78 is 19.4. The minimum Gasteiger partial charge on any atom is -0.489 e. The van der Waals surface area contributed by atoms with Crippen LogP contribution in [0.3, 0.4) is 0 Å². The lowest BCUT2D eigenvalue weighted by Gasteiger charge is -2.08. The molecule has 0 aliphatic carbocycles. The van der Waals surface area contributed by atoms with Gasteiger partial charge >= 0.3 is 0 Å². The van der Waals surface area contributed by atoms with Gasteiger partial charge in [0.05, 0.1) is 0 Å². The number of benzene rings is 3. The average molecular weight is 386 g/mol. The number of nitriles is 1. The number of nitrogens with zero attached hydrogens (tertiary/aromatic N) is 1. The molecule has 0 aliphatic rings. The predicted molar refractivity (Wildman–Crippen MR) is 111 cm³/mol. The molecular formula is C24H19FN2O2. The highest BCUT2D eigenvalue weighted by atomic mass is 19.1. The van der Waals surface area contributed by atoms with Gasteiger partial charge in [0.15, 0.2) is 0 Å². The van der Waals surface area contributed by atoms with Crippen LogP contribution >= 0.6 is 0 Å². The number of ether oxygens (including phenoxy) is 1. The van der Waals surface area contributed by atoms with Gasteiger partial charge in [-0.1, -0.05) is 42.5 Å². The van der Waals surface area contributed by atoms with E-state index in [1.165, 1.54) is 12.1 Å². The van der Waals surface area contributed by atoms with Crippen molar-refractivity contribution >= 4 is 17.7 Å². The molecule has 0 saturated carbocycles. The molecule has 0 aromatic heterocycles. The number of carbonyl (C=O) groups excluding carboxylic acids is 1. The van der Waals surface area contributed by atoms with Crippen LogP contribution in [-0.4, -0.2) is 5.91 Å². The third-order valence-electron chi connectivity index (χ3n) is 4.16. The number of halogens is 1. The lowest BCUT2D eigenvalue weighted by Crippen LogP contribution is -2.13. The number of nitrogens with one attached hydrogen (secondary N) is 1. The molecule has 0 unspecified atom stereocenters. The molecule has 1 amide bonds. The second kappa shape index (κ2) is 9.34. The van der Waals surface area contributed by atoms with E-state index in [2.05, 4.69) is 5.32 Å². The van der Waals surface area contributed by atoms with E-state index in [0.29, 0.717) is 22.6 Å². The van der Waals surface area contributed by atoms with E-state index in [4.69, 9.17) is 4.74 Å². The number of aryl methyl sites for hydroxylation is 1. The van der Waals surface area contributed by atoms with Gasteiger partial charge in [0.1, 0.15) is 29.8 Å². The largest absolute Gasteiger partial charge is 0.489 e. The minimum absolute atomic E-state index is 0.0299. The highest BCUT2D eigenvalue weighted by Crippen LogP contribution is 2.19. The summed E-state index contributed by atoms with van der Waals surface area (Å²) in [5.74, 6) is -0.308. The molecule has 1 N–H and O–H groups in total. The number of rotatable bonds is 6. The Hall–Kier alpha value is -3.91. The SMILES string of the molecule is Cc1cccc(NC(=O)/C(C#N)=C\c2cccc(OCc3ccccc3F)c2)c1. The zero-order valence-corrected chi connectivity index (χ0v) is 15.9. The fraction of sp³-hybridized carbons (Fsp3) is 0.0833. The molecule has 0 radical (unpaired) electrons. The van der Waals surface area contributed by atoms with Crippen LogP contribution in [0, 0.1) is 24.1 Å². The van der Waals surface area contributed by atoms with Gasteiger partial charge in [0, 0.05) is 11.3 Å². The van der Waals surface area contributed by atoms with Gasteiger partial charge in [-0.05, 0) is 54.5 Å². The quantitative estimate of drug-likeness (QED) is 0.464. The van der Waals surface area contributed by atoms with Gasteiger partial charge < -0.3 is 10.1 Å². The first-order chi connectivity index (χ1) is 14.0. The zero-order chi connectivity index (χ0) is 20.6. The second-order valence-electron chi connectivity index (χ2n) is 6.45. The first-order valence-electron chi connectivity index (χ1n) is 9.01. The van der Waals surface area contributed by atoms with Crippen molar-refractivity contribution in [3.63, 3.8) is 0 Å². The van der Waals surface area contributed by atoms with Crippen molar-refractivity contribution in [2.24, 2.45) is 0 Å². The van der Waals surface area contributed by atoms with Crippen molar-refractivity contribution in [1.82, 2.24) is 0 Å². The lowest BCUT2D eigenvalue weighted by atomic mass is 10.1. The van der Waals surface area contributed by atoms with Gasteiger partial charge in [0.2, 0.25) is 0 Å². The summed E-state index contributed by atoms with van der Waals surface area (Å²) in [4.78, 5) is 12.4. The fourth-order valence-electron chi connectivity index (χ4n) is 2.71. The smallest absolute Gasteiger partial charge is 0.266 e. The van der Waals surface area contributed by atoms with Crippen LogP contribution < -0.4 is 10.1 Å². The molecule has 0 bridgehead atoms. The molecule has 3 rings (SSSR count). The Bertz CT molecular complexity index is 1100. The van der Waals surface area contributed by atoms with Crippen molar-refractivity contribution in [3.05, 3.63) is 101 Å². The molecule has 29 heavy (non-hydrogen) atoms. The topological polar surface area (TPSA) is 62.1 Å². The molecule has 5 heteroatoms. The van der Waals surface area contributed by atoms with E-state index in [0.717, 1.165) is 5.56 Å². The number of hydrogen-bond acceptors (Lipinski definition) is 3. The summed E-state index contributed by atoms with van der Waals surface area (Å²) >= 11 is 0. The van der Waals surface area contributed by atoms with Crippen molar-refractivity contribution in [2.45, 2.75) is 13.5 Å². The maximum absolute atomic E-state index is 13.7. The van der Waals surface area contributed by atoms with Gasteiger partial charge in [-0.3, -0.25) is 4.79 Å². The Labute approximate surface area is 168 Å². The van der Waals surface area contributed by atoms with Crippen LogP contribution in [0.25, 0.3) is 6.08 Å². The standard InChI is InChI=1S/C24H19FN2O2/c1-17-6-4-9-21(12-17)27-24(28)20(15-26)13-18-7-5-10-22(14-18)29-16-19-8-2-3-11-23(19)25/h2-14H,16H2,1H3,(H,27,28)/b20-13-. The monoisotopic (exact) mass is 386 g/mol. The van der Waals surface area contributed by atoms with Crippen LogP contribution in [0.4, 0.5) is 10.1 Å². The summed E-state index contributed by atoms with van der Waals surface area (Å²) in [6.45, 7) is 2.00. The van der Waals surface area contributed by atoms with Crippen molar-refractivity contribution < 1.29 is 13.9 Å². The summed E-state index contributed by atoms with van der Waals surface area (Å²) in [6, 6.07) is 22.6. The van der Waals surface area contributed by atoms with E-state index in [-0.39, 0.29) is 18.0 Å². The molecule has 4 nitrogen and oxygen atoms in total. The summed E-state index contributed by atoms with van der Waals surface area (Å²) in [5.41, 5.74) is 2.68. The number of hydrogen-bond donors (Lipinski definition) is 1. The molecule has 0 heterocycles. The second-order valence-corrected chi connectivity index (χ2v) is 6.45. The zero-order valence-electron chi connectivity index (χ0n) is 15.9.